The molecule has 2 unspecified atom stereocenters. The van der Waals surface area contributed by atoms with Crippen LogP contribution in [0.3, 0.4) is 0 Å². The van der Waals surface area contributed by atoms with Crippen LogP contribution in [0.2, 0.25) is 0 Å². The number of fused-ring (bicyclic) bond motifs is 1. The van der Waals surface area contributed by atoms with Gasteiger partial charge in [-0.05, 0) is 24.7 Å². The van der Waals surface area contributed by atoms with Crippen LogP contribution in [0.4, 0.5) is 0 Å². The largest absolute Gasteiger partial charge is 0.320 e. The van der Waals surface area contributed by atoms with Crippen LogP contribution < -0.4 is 5.73 Å². The van der Waals surface area contributed by atoms with Crippen molar-refractivity contribution in [3.8, 4) is 0 Å². The maximum atomic E-state index is 6.31. The minimum absolute atomic E-state index is 0.119. The standard InChI is InChI=1S/C10H13N3/c11-10(7-2-1-3-8(7)10)9-6-12-4-5-13-9/h4-8H,1-3,11H2. The summed E-state index contributed by atoms with van der Waals surface area (Å²) >= 11 is 0. The number of nitrogens with zero attached hydrogens (tertiary/aromatic N) is 2. The van der Waals surface area contributed by atoms with Crippen molar-refractivity contribution in [2.45, 2.75) is 24.8 Å². The van der Waals surface area contributed by atoms with Gasteiger partial charge in [-0.2, -0.15) is 0 Å². The molecule has 0 aromatic carbocycles. The molecule has 0 spiro atoms. The summed E-state index contributed by atoms with van der Waals surface area (Å²) in [5.41, 5.74) is 7.19. The monoisotopic (exact) mass is 175 g/mol. The fraction of sp³-hybridized carbons (Fsp3) is 0.600. The van der Waals surface area contributed by atoms with Gasteiger partial charge in [0.15, 0.2) is 0 Å². The maximum Gasteiger partial charge on any atom is 0.0791 e. The van der Waals surface area contributed by atoms with E-state index in [1.807, 2.05) is 6.20 Å². The second kappa shape index (κ2) is 2.29. The number of nitrogens with two attached hydrogens (primary N) is 1. The van der Waals surface area contributed by atoms with E-state index in [1.165, 1.54) is 19.3 Å². The molecule has 2 aliphatic carbocycles. The second-order valence-corrected chi connectivity index (χ2v) is 4.17. The van der Waals surface area contributed by atoms with Crippen LogP contribution in [-0.2, 0) is 5.54 Å². The lowest BCUT2D eigenvalue weighted by atomic mass is 10.0. The zero-order valence-electron chi connectivity index (χ0n) is 7.48. The third-order valence-electron chi connectivity index (χ3n) is 3.64. The van der Waals surface area contributed by atoms with Crippen LogP contribution in [0.1, 0.15) is 25.0 Å². The molecule has 1 aromatic rings. The molecule has 13 heavy (non-hydrogen) atoms. The average Bonchev–Trinajstić information content (AvgIpc) is 2.62. The Bertz CT molecular complexity index is 312. The second-order valence-electron chi connectivity index (χ2n) is 4.17. The van der Waals surface area contributed by atoms with Crippen molar-refractivity contribution in [2.75, 3.05) is 0 Å². The molecule has 3 heteroatoms. The highest BCUT2D eigenvalue weighted by atomic mass is 15.0. The molecule has 0 amide bonds. The van der Waals surface area contributed by atoms with Crippen LogP contribution in [0.5, 0.6) is 0 Å². The third-order valence-corrected chi connectivity index (χ3v) is 3.64. The Hall–Kier alpha value is -0.960. The van der Waals surface area contributed by atoms with E-state index in [-0.39, 0.29) is 5.54 Å². The molecule has 2 N–H and O–H groups in total. The molecular formula is C10H13N3. The lowest BCUT2D eigenvalue weighted by Crippen LogP contribution is -2.27. The van der Waals surface area contributed by atoms with Gasteiger partial charge in [0.05, 0.1) is 17.4 Å². The van der Waals surface area contributed by atoms with E-state index in [9.17, 15) is 0 Å². The van der Waals surface area contributed by atoms with E-state index in [0.717, 1.165) is 5.69 Å². The minimum atomic E-state index is -0.119. The van der Waals surface area contributed by atoms with Crippen LogP contribution >= 0.6 is 0 Å². The van der Waals surface area contributed by atoms with Crippen molar-refractivity contribution in [1.29, 1.82) is 0 Å². The molecule has 0 radical (unpaired) electrons. The molecular weight excluding hydrogens is 162 g/mol. The van der Waals surface area contributed by atoms with Gasteiger partial charge >= 0.3 is 0 Å². The molecule has 2 atom stereocenters. The zero-order valence-corrected chi connectivity index (χ0v) is 7.48. The number of hydrogen-bond donors (Lipinski definition) is 1. The first kappa shape index (κ1) is 7.44. The molecule has 0 aliphatic heterocycles. The molecule has 0 bridgehead atoms. The van der Waals surface area contributed by atoms with Gasteiger partial charge < -0.3 is 5.73 Å². The van der Waals surface area contributed by atoms with Crippen LogP contribution in [0, 0.1) is 11.8 Å². The van der Waals surface area contributed by atoms with Crippen molar-refractivity contribution < 1.29 is 0 Å². The first-order valence-corrected chi connectivity index (χ1v) is 4.89. The first-order valence-electron chi connectivity index (χ1n) is 4.89. The Morgan fingerprint density at radius 3 is 2.69 bits per heavy atom. The summed E-state index contributed by atoms with van der Waals surface area (Å²) in [6, 6.07) is 0. The molecule has 2 fully saturated rings. The summed E-state index contributed by atoms with van der Waals surface area (Å²) in [7, 11) is 0. The molecule has 3 rings (SSSR count). The Morgan fingerprint density at radius 2 is 2.08 bits per heavy atom. The summed E-state index contributed by atoms with van der Waals surface area (Å²) in [6.45, 7) is 0. The maximum absolute atomic E-state index is 6.31. The lowest BCUT2D eigenvalue weighted by molar-refractivity contribution is 0.512. The van der Waals surface area contributed by atoms with Crippen molar-refractivity contribution in [1.82, 2.24) is 9.97 Å². The highest BCUT2D eigenvalue weighted by molar-refractivity contribution is 5.29. The summed E-state index contributed by atoms with van der Waals surface area (Å²) in [4.78, 5) is 8.38. The normalized spacial score (nSPS) is 41.6. The van der Waals surface area contributed by atoms with Crippen LogP contribution in [-0.4, -0.2) is 9.97 Å². The van der Waals surface area contributed by atoms with Crippen LogP contribution in [0.25, 0.3) is 0 Å². The van der Waals surface area contributed by atoms with E-state index in [4.69, 9.17) is 5.73 Å². The molecule has 2 saturated carbocycles. The van der Waals surface area contributed by atoms with E-state index in [0.29, 0.717) is 11.8 Å². The highest BCUT2D eigenvalue weighted by Crippen LogP contribution is 2.63. The summed E-state index contributed by atoms with van der Waals surface area (Å²) in [6.07, 6.45) is 9.14. The van der Waals surface area contributed by atoms with Gasteiger partial charge in [0, 0.05) is 12.4 Å². The molecule has 0 saturated heterocycles. The van der Waals surface area contributed by atoms with E-state index < -0.39 is 0 Å². The van der Waals surface area contributed by atoms with Crippen molar-refractivity contribution >= 4 is 0 Å². The van der Waals surface area contributed by atoms with Gasteiger partial charge in [0.25, 0.3) is 0 Å². The summed E-state index contributed by atoms with van der Waals surface area (Å²) in [5, 5.41) is 0. The summed E-state index contributed by atoms with van der Waals surface area (Å²) < 4.78 is 0. The molecule has 68 valence electrons. The van der Waals surface area contributed by atoms with Gasteiger partial charge in [-0.15, -0.1) is 0 Å². The number of aromatic nitrogens is 2. The SMILES string of the molecule is NC1(c2cnccn2)C2CCCC21. The molecule has 1 heterocycles. The topological polar surface area (TPSA) is 51.8 Å². The Kier molecular flexibility index (Phi) is 1.31. The predicted octanol–water partition coefficient (Wildman–Crippen LogP) is 1.06. The van der Waals surface area contributed by atoms with Crippen molar-refractivity contribution in [3.05, 3.63) is 24.3 Å². The minimum Gasteiger partial charge on any atom is -0.320 e. The smallest absolute Gasteiger partial charge is 0.0791 e. The molecule has 3 nitrogen and oxygen atoms in total. The van der Waals surface area contributed by atoms with Gasteiger partial charge in [-0.25, -0.2) is 0 Å². The molecule has 1 aromatic heterocycles. The highest BCUT2D eigenvalue weighted by Gasteiger charge is 2.65. The Labute approximate surface area is 77.4 Å². The first-order chi connectivity index (χ1) is 6.33. The van der Waals surface area contributed by atoms with Gasteiger partial charge in [0.2, 0.25) is 0 Å². The summed E-state index contributed by atoms with van der Waals surface area (Å²) in [5.74, 6) is 1.37. The van der Waals surface area contributed by atoms with E-state index in [2.05, 4.69) is 9.97 Å². The van der Waals surface area contributed by atoms with E-state index >= 15 is 0 Å². The van der Waals surface area contributed by atoms with Crippen molar-refractivity contribution in [3.63, 3.8) is 0 Å². The average molecular weight is 175 g/mol. The zero-order chi connectivity index (χ0) is 8.89. The fourth-order valence-electron chi connectivity index (χ4n) is 2.90. The van der Waals surface area contributed by atoms with Gasteiger partial charge in [-0.1, -0.05) is 6.42 Å². The Balaban J connectivity index is 1.95. The predicted molar refractivity (Wildman–Crippen MR) is 48.7 cm³/mol. The third kappa shape index (κ3) is 0.826. The van der Waals surface area contributed by atoms with Gasteiger partial charge in [0.1, 0.15) is 0 Å². The number of hydrogen-bond acceptors (Lipinski definition) is 3. The lowest BCUT2D eigenvalue weighted by Gasteiger charge is -2.13. The van der Waals surface area contributed by atoms with Crippen LogP contribution in [0.15, 0.2) is 18.6 Å². The van der Waals surface area contributed by atoms with Crippen molar-refractivity contribution in [2.24, 2.45) is 17.6 Å². The Morgan fingerprint density at radius 1 is 1.31 bits per heavy atom. The molecule has 2 aliphatic rings. The fourth-order valence-corrected chi connectivity index (χ4v) is 2.90. The quantitative estimate of drug-likeness (QED) is 0.694. The van der Waals surface area contributed by atoms with Gasteiger partial charge in [-0.3, -0.25) is 9.97 Å². The van der Waals surface area contributed by atoms with E-state index in [1.54, 1.807) is 12.4 Å². The number of rotatable bonds is 1.